The van der Waals surface area contributed by atoms with Crippen molar-refractivity contribution in [3.8, 4) is 5.88 Å². The third-order valence-electron chi connectivity index (χ3n) is 2.62. The Balaban J connectivity index is 2.52. The van der Waals surface area contributed by atoms with E-state index in [9.17, 15) is 4.79 Å². The zero-order valence-corrected chi connectivity index (χ0v) is 11.8. The molecule has 2 aromatic rings. The summed E-state index contributed by atoms with van der Waals surface area (Å²) in [5.41, 5.74) is 2.03. The van der Waals surface area contributed by atoms with Crippen molar-refractivity contribution < 1.29 is 14.3 Å². The molecule has 0 unspecified atom stereocenters. The van der Waals surface area contributed by atoms with Gasteiger partial charge in [-0.05, 0) is 33.8 Å². The molecule has 5 nitrogen and oxygen atoms in total. The van der Waals surface area contributed by atoms with Crippen LogP contribution in [0.1, 0.15) is 36.8 Å². The van der Waals surface area contributed by atoms with Crippen molar-refractivity contribution >= 4 is 17.0 Å². The molecule has 1 N–H and O–H groups in total. The average molecular weight is 262 g/mol. The van der Waals surface area contributed by atoms with Crippen LogP contribution in [0.2, 0.25) is 0 Å². The number of rotatable bonds is 2. The summed E-state index contributed by atoms with van der Waals surface area (Å²) in [5, 5.41) is 0. The SMILES string of the molecule is COc1ccc2[nH]c(C)c(C(=O)OC(C)(C)C)c2n1. The van der Waals surface area contributed by atoms with Gasteiger partial charge >= 0.3 is 5.97 Å². The lowest BCUT2D eigenvalue weighted by atomic mass is 10.1. The van der Waals surface area contributed by atoms with Crippen LogP contribution in [-0.2, 0) is 4.74 Å². The summed E-state index contributed by atoms with van der Waals surface area (Å²) in [6, 6.07) is 3.58. The van der Waals surface area contributed by atoms with Gasteiger partial charge in [0.1, 0.15) is 16.7 Å². The number of aromatic nitrogens is 2. The number of aryl methyl sites for hydroxylation is 1. The lowest BCUT2D eigenvalue weighted by molar-refractivity contribution is 0.00709. The van der Waals surface area contributed by atoms with Crippen LogP contribution in [0.15, 0.2) is 12.1 Å². The average Bonchev–Trinajstić information content (AvgIpc) is 2.61. The molecule has 0 saturated carbocycles. The molecule has 102 valence electrons. The summed E-state index contributed by atoms with van der Waals surface area (Å²) >= 11 is 0. The van der Waals surface area contributed by atoms with Gasteiger partial charge in [-0.25, -0.2) is 9.78 Å². The van der Waals surface area contributed by atoms with E-state index in [0.717, 1.165) is 11.2 Å². The third-order valence-corrected chi connectivity index (χ3v) is 2.62. The Morgan fingerprint density at radius 2 is 2.00 bits per heavy atom. The maximum atomic E-state index is 12.2. The van der Waals surface area contributed by atoms with Crippen molar-refractivity contribution in [2.24, 2.45) is 0 Å². The Kier molecular flexibility index (Phi) is 3.22. The minimum absolute atomic E-state index is 0.378. The van der Waals surface area contributed by atoms with Gasteiger partial charge in [-0.2, -0.15) is 0 Å². The molecular weight excluding hydrogens is 244 g/mol. The molecular formula is C14H18N2O3. The Bertz CT molecular complexity index is 623. The van der Waals surface area contributed by atoms with Gasteiger partial charge < -0.3 is 14.5 Å². The summed E-state index contributed by atoms with van der Waals surface area (Å²) in [7, 11) is 1.54. The van der Waals surface area contributed by atoms with Gasteiger partial charge in [0.15, 0.2) is 0 Å². The van der Waals surface area contributed by atoms with Gasteiger partial charge in [0.25, 0.3) is 0 Å². The molecule has 0 bridgehead atoms. The van der Waals surface area contributed by atoms with Crippen molar-refractivity contribution in [3.05, 3.63) is 23.4 Å². The molecule has 5 heteroatoms. The number of hydrogen-bond acceptors (Lipinski definition) is 4. The summed E-state index contributed by atoms with van der Waals surface area (Å²) in [5.74, 6) is 0.0910. The highest BCUT2D eigenvalue weighted by atomic mass is 16.6. The molecule has 2 aromatic heterocycles. The predicted octanol–water partition coefficient (Wildman–Crippen LogP) is 2.84. The molecule has 0 aliphatic heterocycles. The maximum absolute atomic E-state index is 12.2. The Hall–Kier alpha value is -2.04. The summed E-state index contributed by atoms with van der Waals surface area (Å²) in [4.78, 5) is 19.7. The topological polar surface area (TPSA) is 64.2 Å². The highest BCUT2D eigenvalue weighted by Crippen LogP contribution is 2.25. The van der Waals surface area contributed by atoms with E-state index in [1.165, 1.54) is 0 Å². The molecule has 19 heavy (non-hydrogen) atoms. The number of carbonyl (C=O) groups is 1. The second-order valence-electron chi connectivity index (χ2n) is 5.38. The van der Waals surface area contributed by atoms with Crippen LogP contribution in [0.25, 0.3) is 11.0 Å². The van der Waals surface area contributed by atoms with Crippen LogP contribution in [0, 0.1) is 6.92 Å². The number of carbonyl (C=O) groups excluding carboxylic acids is 1. The zero-order chi connectivity index (χ0) is 14.2. The Labute approximate surface area is 111 Å². The number of aromatic amines is 1. The summed E-state index contributed by atoms with van der Waals surface area (Å²) < 4.78 is 10.5. The second kappa shape index (κ2) is 4.57. The molecule has 2 rings (SSSR count). The smallest absolute Gasteiger partial charge is 0.342 e. The van der Waals surface area contributed by atoms with Gasteiger partial charge in [-0.1, -0.05) is 0 Å². The summed E-state index contributed by atoms with van der Waals surface area (Å²) in [6.07, 6.45) is 0. The molecule has 0 fully saturated rings. The number of hydrogen-bond donors (Lipinski definition) is 1. The minimum atomic E-state index is -0.536. The van der Waals surface area contributed by atoms with Gasteiger partial charge in [0.05, 0.1) is 12.6 Å². The molecule has 0 saturated heterocycles. The highest BCUT2D eigenvalue weighted by molar-refractivity contribution is 6.04. The third kappa shape index (κ3) is 2.70. The lowest BCUT2D eigenvalue weighted by Crippen LogP contribution is -2.24. The predicted molar refractivity (Wildman–Crippen MR) is 72.6 cm³/mol. The number of methoxy groups -OCH3 is 1. The van der Waals surface area contributed by atoms with Crippen molar-refractivity contribution in [1.82, 2.24) is 9.97 Å². The van der Waals surface area contributed by atoms with Crippen molar-refractivity contribution in [3.63, 3.8) is 0 Å². The lowest BCUT2D eigenvalue weighted by Gasteiger charge is -2.19. The number of H-pyrrole nitrogens is 1. The van der Waals surface area contributed by atoms with E-state index in [4.69, 9.17) is 9.47 Å². The van der Waals surface area contributed by atoms with E-state index in [1.54, 1.807) is 13.2 Å². The zero-order valence-electron chi connectivity index (χ0n) is 11.8. The molecule has 0 aliphatic rings. The van der Waals surface area contributed by atoms with E-state index < -0.39 is 5.60 Å². The molecule has 2 heterocycles. The number of nitrogens with zero attached hydrogens (tertiary/aromatic N) is 1. The molecule has 0 amide bonds. The molecule has 0 atom stereocenters. The first-order chi connectivity index (χ1) is 8.81. The van der Waals surface area contributed by atoms with Crippen LogP contribution in [-0.4, -0.2) is 28.6 Å². The Morgan fingerprint density at radius 1 is 1.32 bits per heavy atom. The van der Waals surface area contributed by atoms with Gasteiger partial charge in [0.2, 0.25) is 5.88 Å². The van der Waals surface area contributed by atoms with Crippen LogP contribution in [0.3, 0.4) is 0 Å². The Morgan fingerprint density at radius 3 is 2.58 bits per heavy atom. The number of esters is 1. The van der Waals surface area contributed by atoms with E-state index in [2.05, 4.69) is 9.97 Å². The van der Waals surface area contributed by atoms with Crippen molar-refractivity contribution in [2.45, 2.75) is 33.3 Å². The first kappa shape index (κ1) is 13.4. The first-order valence-electron chi connectivity index (χ1n) is 6.08. The fourth-order valence-electron chi connectivity index (χ4n) is 1.87. The summed E-state index contributed by atoms with van der Waals surface area (Å²) in [6.45, 7) is 7.34. The van der Waals surface area contributed by atoms with E-state index >= 15 is 0 Å². The maximum Gasteiger partial charge on any atom is 0.342 e. The van der Waals surface area contributed by atoms with E-state index in [0.29, 0.717) is 17.0 Å². The molecule has 0 spiro atoms. The quantitative estimate of drug-likeness (QED) is 0.845. The van der Waals surface area contributed by atoms with Gasteiger partial charge in [0, 0.05) is 11.8 Å². The second-order valence-corrected chi connectivity index (χ2v) is 5.38. The minimum Gasteiger partial charge on any atom is -0.481 e. The molecule has 0 aliphatic carbocycles. The molecule has 0 radical (unpaired) electrons. The van der Waals surface area contributed by atoms with Crippen molar-refractivity contribution in [2.75, 3.05) is 7.11 Å². The van der Waals surface area contributed by atoms with Crippen LogP contribution >= 0.6 is 0 Å². The first-order valence-corrected chi connectivity index (χ1v) is 6.08. The fraction of sp³-hybridized carbons (Fsp3) is 0.429. The van der Waals surface area contributed by atoms with Gasteiger partial charge in [-0.3, -0.25) is 0 Å². The highest BCUT2D eigenvalue weighted by Gasteiger charge is 2.24. The standard InChI is InChI=1S/C14H18N2O3/c1-8-11(13(17)19-14(2,3)4)12-9(15-8)6-7-10(16-12)18-5/h6-7,15H,1-5H3. The number of ether oxygens (including phenoxy) is 2. The van der Waals surface area contributed by atoms with Gasteiger partial charge in [-0.15, -0.1) is 0 Å². The van der Waals surface area contributed by atoms with Crippen molar-refractivity contribution in [1.29, 1.82) is 0 Å². The number of nitrogens with one attached hydrogen (secondary N) is 1. The number of fused-ring (bicyclic) bond motifs is 1. The fourth-order valence-corrected chi connectivity index (χ4v) is 1.87. The van der Waals surface area contributed by atoms with E-state index in [-0.39, 0.29) is 5.97 Å². The number of pyridine rings is 1. The normalized spacial score (nSPS) is 11.6. The van der Waals surface area contributed by atoms with Crippen LogP contribution in [0.5, 0.6) is 5.88 Å². The van der Waals surface area contributed by atoms with E-state index in [1.807, 2.05) is 33.8 Å². The molecule has 0 aromatic carbocycles. The van der Waals surface area contributed by atoms with Crippen LogP contribution in [0.4, 0.5) is 0 Å². The monoisotopic (exact) mass is 262 g/mol. The van der Waals surface area contributed by atoms with Crippen LogP contribution < -0.4 is 4.74 Å². The largest absolute Gasteiger partial charge is 0.481 e.